The van der Waals surface area contributed by atoms with E-state index in [4.69, 9.17) is 11.6 Å². The molecule has 0 amide bonds. The van der Waals surface area contributed by atoms with Crippen LogP contribution < -0.4 is 0 Å². The molecule has 0 saturated carbocycles. The van der Waals surface area contributed by atoms with Crippen molar-refractivity contribution in [3.05, 3.63) is 0 Å². The minimum Gasteiger partial charge on any atom is -0.300 e. The topological polar surface area (TPSA) is 3.24 Å². The van der Waals surface area contributed by atoms with Gasteiger partial charge in [0.15, 0.2) is 0 Å². The van der Waals surface area contributed by atoms with Crippen molar-refractivity contribution < 1.29 is 0 Å². The highest BCUT2D eigenvalue weighted by Crippen LogP contribution is 2.21. The Hall–Kier alpha value is 0.250. The van der Waals surface area contributed by atoms with Gasteiger partial charge in [-0.05, 0) is 45.2 Å². The van der Waals surface area contributed by atoms with Crippen LogP contribution in [0.4, 0.5) is 0 Å². The van der Waals surface area contributed by atoms with Crippen molar-refractivity contribution in [1.82, 2.24) is 4.90 Å². The summed E-state index contributed by atoms with van der Waals surface area (Å²) < 4.78 is 0. The van der Waals surface area contributed by atoms with E-state index in [0.717, 1.165) is 11.9 Å². The van der Waals surface area contributed by atoms with Gasteiger partial charge in [0.05, 0.1) is 0 Å². The number of alkyl halides is 1. The molecule has 0 aliphatic carbocycles. The van der Waals surface area contributed by atoms with Crippen LogP contribution in [0.2, 0.25) is 0 Å². The van der Waals surface area contributed by atoms with E-state index >= 15 is 0 Å². The molecule has 1 atom stereocenters. The van der Waals surface area contributed by atoms with Crippen molar-refractivity contribution >= 4 is 11.6 Å². The minimum atomic E-state index is 0.830. The molecule has 72 valence electrons. The molecule has 1 rings (SSSR count). The average molecular weight is 190 g/mol. The first-order valence-electron chi connectivity index (χ1n) is 5.18. The maximum atomic E-state index is 5.69. The Morgan fingerprint density at radius 3 is 3.00 bits per heavy atom. The van der Waals surface area contributed by atoms with E-state index in [9.17, 15) is 0 Å². The van der Waals surface area contributed by atoms with Gasteiger partial charge in [-0.1, -0.05) is 6.92 Å². The van der Waals surface area contributed by atoms with Crippen LogP contribution in [0, 0.1) is 0 Å². The number of hydrogen-bond acceptors (Lipinski definition) is 1. The Morgan fingerprint density at radius 2 is 2.33 bits per heavy atom. The number of hydrogen-bond donors (Lipinski definition) is 0. The minimum absolute atomic E-state index is 0.830. The van der Waals surface area contributed by atoms with Gasteiger partial charge in [-0.2, -0.15) is 0 Å². The maximum absolute atomic E-state index is 5.69. The molecule has 1 saturated heterocycles. The van der Waals surface area contributed by atoms with E-state index < -0.39 is 0 Å². The first kappa shape index (κ1) is 10.3. The van der Waals surface area contributed by atoms with Gasteiger partial charge < -0.3 is 4.90 Å². The average Bonchev–Trinajstić information content (AvgIpc) is 2.50. The summed E-state index contributed by atoms with van der Waals surface area (Å²) in [7, 11) is 0. The molecule has 0 spiro atoms. The molecule has 0 N–H and O–H groups in total. The van der Waals surface area contributed by atoms with Gasteiger partial charge in [0.2, 0.25) is 0 Å². The van der Waals surface area contributed by atoms with Crippen molar-refractivity contribution in [3.8, 4) is 0 Å². The van der Waals surface area contributed by atoms with E-state index in [2.05, 4.69) is 11.8 Å². The monoisotopic (exact) mass is 189 g/mol. The van der Waals surface area contributed by atoms with Gasteiger partial charge in [-0.3, -0.25) is 0 Å². The van der Waals surface area contributed by atoms with Crippen LogP contribution in [-0.4, -0.2) is 29.9 Å². The Balaban J connectivity index is 2.20. The zero-order chi connectivity index (χ0) is 8.81. The number of rotatable bonds is 5. The SMILES string of the molecule is CCCN1CCCC1CCCCl. The van der Waals surface area contributed by atoms with Gasteiger partial charge >= 0.3 is 0 Å². The van der Waals surface area contributed by atoms with E-state index in [1.165, 1.54) is 45.2 Å². The molecular weight excluding hydrogens is 170 g/mol. The van der Waals surface area contributed by atoms with E-state index in [-0.39, 0.29) is 0 Å². The van der Waals surface area contributed by atoms with Crippen LogP contribution in [0.3, 0.4) is 0 Å². The summed E-state index contributed by atoms with van der Waals surface area (Å²) in [5.74, 6) is 0.830. The summed E-state index contributed by atoms with van der Waals surface area (Å²) in [6, 6.07) is 0.851. The predicted molar refractivity (Wildman–Crippen MR) is 54.8 cm³/mol. The fourth-order valence-electron chi connectivity index (χ4n) is 2.12. The first-order valence-corrected chi connectivity index (χ1v) is 5.72. The Bertz CT molecular complexity index is 116. The highest BCUT2D eigenvalue weighted by atomic mass is 35.5. The van der Waals surface area contributed by atoms with Crippen LogP contribution >= 0.6 is 11.6 Å². The quantitative estimate of drug-likeness (QED) is 0.602. The molecule has 2 heteroatoms. The van der Waals surface area contributed by atoms with Gasteiger partial charge in [0, 0.05) is 11.9 Å². The van der Waals surface area contributed by atoms with Crippen molar-refractivity contribution in [2.45, 2.75) is 45.1 Å². The maximum Gasteiger partial charge on any atom is 0.0224 e. The molecule has 1 fully saturated rings. The van der Waals surface area contributed by atoms with Gasteiger partial charge in [-0.15, -0.1) is 11.6 Å². The zero-order valence-electron chi connectivity index (χ0n) is 8.06. The highest BCUT2D eigenvalue weighted by Gasteiger charge is 2.22. The van der Waals surface area contributed by atoms with Crippen molar-refractivity contribution in [2.75, 3.05) is 19.0 Å². The molecule has 12 heavy (non-hydrogen) atoms. The summed E-state index contributed by atoms with van der Waals surface area (Å²) in [6.07, 6.45) is 6.58. The summed E-state index contributed by atoms with van der Waals surface area (Å²) in [4.78, 5) is 2.63. The van der Waals surface area contributed by atoms with Crippen molar-refractivity contribution in [1.29, 1.82) is 0 Å². The lowest BCUT2D eigenvalue weighted by atomic mass is 10.1. The molecule has 0 radical (unpaired) electrons. The smallest absolute Gasteiger partial charge is 0.0224 e. The van der Waals surface area contributed by atoms with Crippen molar-refractivity contribution in [3.63, 3.8) is 0 Å². The Labute approximate surface area is 81.1 Å². The second-order valence-electron chi connectivity index (χ2n) is 3.66. The number of likely N-dealkylation sites (tertiary alicyclic amines) is 1. The van der Waals surface area contributed by atoms with Gasteiger partial charge in [0.1, 0.15) is 0 Å². The summed E-state index contributed by atoms with van der Waals surface area (Å²) in [5, 5.41) is 0. The van der Waals surface area contributed by atoms with Crippen LogP contribution in [0.15, 0.2) is 0 Å². The van der Waals surface area contributed by atoms with E-state index in [1.54, 1.807) is 0 Å². The third-order valence-electron chi connectivity index (χ3n) is 2.68. The van der Waals surface area contributed by atoms with Crippen molar-refractivity contribution in [2.24, 2.45) is 0 Å². The number of nitrogens with zero attached hydrogens (tertiary/aromatic N) is 1. The second-order valence-corrected chi connectivity index (χ2v) is 4.04. The van der Waals surface area contributed by atoms with Gasteiger partial charge in [-0.25, -0.2) is 0 Å². The summed E-state index contributed by atoms with van der Waals surface area (Å²) in [5.41, 5.74) is 0. The molecular formula is C10H20ClN. The van der Waals surface area contributed by atoms with Crippen LogP contribution in [0.1, 0.15) is 39.0 Å². The zero-order valence-corrected chi connectivity index (χ0v) is 8.82. The largest absolute Gasteiger partial charge is 0.300 e. The molecule has 1 aliphatic rings. The van der Waals surface area contributed by atoms with Crippen LogP contribution in [0.25, 0.3) is 0 Å². The standard InChI is InChI=1S/C10H20ClN/c1-2-8-12-9-4-6-10(12)5-3-7-11/h10H,2-9H2,1H3. The molecule has 1 aliphatic heterocycles. The summed E-state index contributed by atoms with van der Waals surface area (Å²) >= 11 is 5.69. The molecule has 0 aromatic rings. The lowest BCUT2D eigenvalue weighted by Crippen LogP contribution is -2.30. The lowest BCUT2D eigenvalue weighted by molar-refractivity contribution is 0.242. The molecule has 1 nitrogen and oxygen atoms in total. The third kappa shape index (κ3) is 2.95. The highest BCUT2D eigenvalue weighted by molar-refractivity contribution is 6.17. The third-order valence-corrected chi connectivity index (χ3v) is 2.95. The predicted octanol–water partition coefficient (Wildman–Crippen LogP) is 2.88. The molecule has 0 bridgehead atoms. The molecule has 1 unspecified atom stereocenters. The fourth-order valence-corrected chi connectivity index (χ4v) is 2.27. The fraction of sp³-hybridized carbons (Fsp3) is 1.00. The number of halogens is 1. The van der Waals surface area contributed by atoms with E-state index in [0.29, 0.717) is 0 Å². The second kappa shape index (κ2) is 5.82. The molecule has 0 aromatic heterocycles. The first-order chi connectivity index (χ1) is 5.88. The van der Waals surface area contributed by atoms with Gasteiger partial charge in [0.25, 0.3) is 0 Å². The Morgan fingerprint density at radius 1 is 1.50 bits per heavy atom. The van der Waals surface area contributed by atoms with Crippen LogP contribution in [0.5, 0.6) is 0 Å². The Kier molecular flexibility index (Phi) is 5.01. The lowest BCUT2D eigenvalue weighted by Gasteiger charge is -2.23. The molecule has 1 heterocycles. The summed E-state index contributed by atoms with van der Waals surface area (Å²) in [6.45, 7) is 4.87. The van der Waals surface area contributed by atoms with E-state index in [1.807, 2.05) is 0 Å². The molecule has 0 aromatic carbocycles. The normalized spacial score (nSPS) is 25.0. The van der Waals surface area contributed by atoms with Crippen LogP contribution in [-0.2, 0) is 0 Å².